The molecular formula is C2H7O3P. The summed E-state index contributed by atoms with van der Waals surface area (Å²) in [6, 6.07) is 0. The Morgan fingerprint density at radius 1 is 2.00 bits per heavy atom. The highest BCUT2D eigenvalue weighted by atomic mass is 31.1. The van der Waals surface area contributed by atoms with Gasteiger partial charge in [0.1, 0.15) is 6.35 Å². The Hall–Kier alpha value is 0.150. The topological polar surface area (TPSA) is 46.5 Å². The van der Waals surface area contributed by atoms with Crippen molar-refractivity contribution in [2.45, 2.75) is 0 Å². The van der Waals surface area contributed by atoms with Crippen molar-refractivity contribution in [3.8, 4) is 0 Å². The van der Waals surface area contributed by atoms with Crippen LogP contribution in [0, 0.1) is 0 Å². The minimum atomic E-state index is -2.36. The zero-order valence-electron chi connectivity index (χ0n) is 3.47. The number of rotatable bonds is 2. The molecule has 0 aromatic heterocycles. The maximum Gasteiger partial charge on any atom is 0.214 e. The average molecular weight is 110 g/mol. The molecule has 0 heterocycles. The van der Waals surface area contributed by atoms with Gasteiger partial charge < -0.3 is 9.63 Å². The van der Waals surface area contributed by atoms with E-state index < -0.39 is 8.03 Å². The second-order valence-electron chi connectivity index (χ2n) is 0.827. The Morgan fingerprint density at radius 3 is 2.50 bits per heavy atom. The quantitative estimate of drug-likeness (QED) is 0.511. The predicted molar refractivity (Wildman–Crippen MR) is 23.1 cm³/mol. The van der Waals surface area contributed by atoms with Crippen molar-refractivity contribution < 1.29 is 14.2 Å². The molecule has 0 rings (SSSR count). The molecule has 3 nitrogen and oxygen atoms in total. The van der Waals surface area contributed by atoms with E-state index in [0.29, 0.717) is 0 Å². The van der Waals surface area contributed by atoms with E-state index in [1.807, 2.05) is 0 Å². The molecule has 0 aromatic carbocycles. The van der Waals surface area contributed by atoms with Gasteiger partial charge >= 0.3 is 0 Å². The van der Waals surface area contributed by atoms with Crippen LogP contribution in [0.5, 0.6) is 0 Å². The van der Waals surface area contributed by atoms with E-state index in [9.17, 15) is 4.57 Å². The molecule has 0 radical (unpaired) electrons. The van der Waals surface area contributed by atoms with Gasteiger partial charge in [0, 0.05) is 7.11 Å². The summed E-state index contributed by atoms with van der Waals surface area (Å²) in [4.78, 5) is 7.97. The fourth-order valence-electron chi connectivity index (χ4n) is 0.123. The van der Waals surface area contributed by atoms with Crippen molar-refractivity contribution >= 4 is 8.03 Å². The van der Waals surface area contributed by atoms with Gasteiger partial charge in [-0.1, -0.05) is 0 Å². The van der Waals surface area contributed by atoms with Crippen LogP contribution >= 0.6 is 8.03 Å². The van der Waals surface area contributed by atoms with Crippen LogP contribution in [0.2, 0.25) is 0 Å². The first-order valence-corrected chi connectivity index (χ1v) is 3.04. The molecule has 0 aliphatic heterocycles. The van der Waals surface area contributed by atoms with Gasteiger partial charge in [0.05, 0.1) is 0 Å². The lowest BCUT2D eigenvalue weighted by Crippen LogP contribution is -1.76. The Labute approximate surface area is 36.8 Å². The maximum absolute atomic E-state index is 9.66. The lowest BCUT2D eigenvalue weighted by Gasteiger charge is -1.85. The third-order valence-electron chi connectivity index (χ3n) is 0.268. The molecule has 38 valence electrons. The van der Waals surface area contributed by atoms with E-state index in [-0.39, 0.29) is 6.35 Å². The summed E-state index contributed by atoms with van der Waals surface area (Å²) < 4.78 is 13.9. The summed E-state index contributed by atoms with van der Waals surface area (Å²) in [6.45, 7) is 0. The van der Waals surface area contributed by atoms with Gasteiger partial charge in [0.2, 0.25) is 8.03 Å². The molecule has 0 saturated carbocycles. The fraction of sp³-hybridized carbons (Fsp3) is 1.00. The van der Waals surface area contributed by atoms with Crippen molar-refractivity contribution in [2.75, 3.05) is 13.5 Å². The van der Waals surface area contributed by atoms with Gasteiger partial charge in [-0.2, -0.15) is 0 Å². The summed E-state index contributed by atoms with van der Waals surface area (Å²) in [7, 11) is -0.970. The molecule has 0 fully saturated rings. The first kappa shape index (κ1) is 6.15. The van der Waals surface area contributed by atoms with E-state index >= 15 is 0 Å². The Kier molecular flexibility index (Phi) is 3.43. The van der Waals surface area contributed by atoms with E-state index in [0.717, 1.165) is 0 Å². The van der Waals surface area contributed by atoms with Crippen LogP contribution in [0.15, 0.2) is 0 Å². The standard InChI is InChI=1S/C2H7O3P/c1-5-2-6(3)4/h6H,2H2,1H3,(H,3,4). The zero-order chi connectivity index (χ0) is 4.99. The highest BCUT2D eigenvalue weighted by Gasteiger charge is 1.83. The smallest absolute Gasteiger partial charge is 0.214 e. The fourth-order valence-corrected chi connectivity index (χ4v) is 0.370. The highest BCUT2D eigenvalue weighted by Crippen LogP contribution is 2.09. The molecule has 1 unspecified atom stereocenters. The molecule has 6 heavy (non-hydrogen) atoms. The minimum Gasteiger partial charge on any atom is -0.375 e. The second kappa shape index (κ2) is 3.34. The molecule has 0 aliphatic carbocycles. The normalized spacial score (nSPS) is 14.3. The first-order valence-electron chi connectivity index (χ1n) is 1.48. The van der Waals surface area contributed by atoms with Crippen LogP contribution in [0.1, 0.15) is 0 Å². The Morgan fingerprint density at radius 2 is 2.50 bits per heavy atom. The summed E-state index contributed by atoms with van der Waals surface area (Å²) >= 11 is 0. The summed E-state index contributed by atoms with van der Waals surface area (Å²) in [5, 5.41) is 0. The van der Waals surface area contributed by atoms with Gasteiger partial charge in [-0.3, -0.25) is 4.57 Å². The first-order chi connectivity index (χ1) is 2.77. The van der Waals surface area contributed by atoms with Gasteiger partial charge in [0.15, 0.2) is 0 Å². The summed E-state index contributed by atoms with van der Waals surface area (Å²) in [5.41, 5.74) is 0. The van der Waals surface area contributed by atoms with Crippen LogP contribution in [-0.4, -0.2) is 18.4 Å². The molecule has 1 N–H and O–H groups in total. The van der Waals surface area contributed by atoms with Gasteiger partial charge in [-0.05, 0) is 0 Å². The van der Waals surface area contributed by atoms with Crippen LogP contribution in [0.3, 0.4) is 0 Å². The molecule has 0 aromatic rings. The van der Waals surface area contributed by atoms with Crippen molar-refractivity contribution in [3.05, 3.63) is 0 Å². The molecule has 0 bridgehead atoms. The van der Waals surface area contributed by atoms with Gasteiger partial charge in [0.25, 0.3) is 0 Å². The van der Waals surface area contributed by atoms with E-state index in [1.54, 1.807) is 0 Å². The predicted octanol–water partition coefficient (Wildman–Crippen LogP) is 0.0573. The third-order valence-corrected chi connectivity index (χ3v) is 0.803. The minimum absolute atomic E-state index is 0.0231. The Bertz CT molecular complexity index is 52.8. The number of methoxy groups -OCH3 is 1. The molecule has 0 aliphatic rings. The zero-order valence-corrected chi connectivity index (χ0v) is 4.47. The van der Waals surface area contributed by atoms with Crippen LogP contribution in [0.4, 0.5) is 0 Å². The number of ether oxygens (including phenoxy) is 1. The van der Waals surface area contributed by atoms with E-state index in [2.05, 4.69) is 4.74 Å². The Balaban J connectivity index is 2.83. The van der Waals surface area contributed by atoms with Crippen molar-refractivity contribution in [3.63, 3.8) is 0 Å². The molecule has 4 heteroatoms. The number of hydrogen-bond acceptors (Lipinski definition) is 2. The molecule has 1 atom stereocenters. The average Bonchev–Trinajstić information content (AvgIpc) is 1.35. The van der Waals surface area contributed by atoms with Crippen molar-refractivity contribution in [1.29, 1.82) is 0 Å². The van der Waals surface area contributed by atoms with Crippen molar-refractivity contribution in [2.24, 2.45) is 0 Å². The molecule has 0 spiro atoms. The SMILES string of the molecule is COC[PH](=O)O. The van der Waals surface area contributed by atoms with E-state index in [4.69, 9.17) is 4.89 Å². The van der Waals surface area contributed by atoms with Gasteiger partial charge in [-0.25, -0.2) is 0 Å². The maximum atomic E-state index is 9.66. The third kappa shape index (κ3) is 4.15. The lowest BCUT2D eigenvalue weighted by atomic mass is 11.5. The second-order valence-corrected chi connectivity index (χ2v) is 1.90. The molecule has 0 saturated heterocycles. The van der Waals surface area contributed by atoms with Crippen LogP contribution in [-0.2, 0) is 9.30 Å². The molecular weight excluding hydrogens is 103 g/mol. The lowest BCUT2D eigenvalue weighted by molar-refractivity contribution is 0.243. The largest absolute Gasteiger partial charge is 0.375 e. The van der Waals surface area contributed by atoms with Gasteiger partial charge in [-0.15, -0.1) is 0 Å². The highest BCUT2D eigenvalue weighted by molar-refractivity contribution is 7.37. The molecule has 0 amide bonds. The van der Waals surface area contributed by atoms with Crippen molar-refractivity contribution in [1.82, 2.24) is 0 Å². The summed E-state index contributed by atoms with van der Waals surface area (Å²) in [6.07, 6.45) is -0.0231. The number of hydrogen-bond donors (Lipinski definition) is 1. The summed E-state index contributed by atoms with van der Waals surface area (Å²) in [5.74, 6) is 0. The monoisotopic (exact) mass is 110 g/mol. The van der Waals surface area contributed by atoms with Crippen LogP contribution in [0.25, 0.3) is 0 Å². The van der Waals surface area contributed by atoms with Crippen LogP contribution < -0.4 is 0 Å². The van der Waals surface area contributed by atoms with E-state index in [1.165, 1.54) is 7.11 Å².